The van der Waals surface area contributed by atoms with Gasteiger partial charge in [0.15, 0.2) is 0 Å². The Morgan fingerprint density at radius 2 is 0.808 bits per heavy atom. The SMILES string of the molecule is CC.CC.CC.CC.CC.CC.CC.CC1Oc2ccccc2C1(C)C.CC1Oc2ccccc2N(C)C1(C)C.Cc1c(C)c(C)c2ccccc2c1C.Cc1nc2ccccc2c(C)c1C.Cc1nc2ccccc2n1C.Cc1nc2ccccc2s1.Cc1oc2ccccc2c1C. The molecule has 2 atom stereocenters. The Kier molecular flexibility index (Phi) is 40.1. The summed E-state index contributed by atoms with van der Waals surface area (Å²) in [6.07, 6.45) is 0.497. The Balaban J connectivity index is 0.000000561. The van der Waals surface area contributed by atoms with Gasteiger partial charge in [-0.1, -0.05) is 226 Å². The smallest absolute Gasteiger partial charge is 0.143 e. The molecular formula is C90H129N5O3S. The lowest BCUT2D eigenvalue weighted by Crippen LogP contribution is -2.54. The van der Waals surface area contributed by atoms with E-state index in [0.717, 1.165) is 55.9 Å². The quantitative estimate of drug-likeness (QED) is 0.150. The van der Waals surface area contributed by atoms with E-state index in [-0.39, 0.29) is 23.2 Å². The van der Waals surface area contributed by atoms with E-state index in [1.165, 1.54) is 82.0 Å². The minimum absolute atomic E-state index is 0.0500. The molecular weight excluding hydrogens is 1230 g/mol. The van der Waals surface area contributed by atoms with Gasteiger partial charge in [0.05, 0.1) is 43.0 Å². The van der Waals surface area contributed by atoms with Crippen LogP contribution in [0.3, 0.4) is 0 Å². The van der Waals surface area contributed by atoms with E-state index in [9.17, 15) is 0 Å². The Morgan fingerprint density at radius 3 is 1.33 bits per heavy atom. The van der Waals surface area contributed by atoms with Crippen LogP contribution in [0.25, 0.3) is 53.9 Å². The molecule has 2 aliphatic heterocycles. The molecule has 99 heavy (non-hydrogen) atoms. The first-order chi connectivity index (χ1) is 47.4. The topological polar surface area (TPSA) is 78.4 Å². The molecule has 8 nitrogen and oxygen atoms in total. The molecule has 0 amide bonds. The number of aryl methyl sites for hydroxylation is 9. The van der Waals surface area contributed by atoms with Crippen LogP contribution in [0.1, 0.15) is 205 Å². The van der Waals surface area contributed by atoms with Gasteiger partial charge in [-0.2, -0.15) is 0 Å². The van der Waals surface area contributed by atoms with Crippen LogP contribution in [0.15, 0.2) is 174 Å². The van der Waals surface area contributed by atoms with Crippen LogP contribution < -0.4 is 14.4 Å². The van der Waals surface area contributed by atoms with E-state index in [0.29, 0.717) is 0 Å². The number of imidazole rings is 1. The van der Waals surface area contributed by atoms with Crippen molar-refractivity contribution in [3.05, 3.63) is 237 Å². The summed E-state index contributed by atoms with van der Waals surface area (Å²) in [5.41, 5.74) is 18.9. The zero-order valence-corrected chi connectivity index (χ0v) is 68.5. The molecule has 0 N–H and O–H groups in total. The van der Waals surface area contributed by atoms with Gasteiger partial charge >= 0.3 is 0 Å². The zero-order valence-electron chi connectivity index (χ0n) is 67.7. The molecule has 0 saturated carbocycles. The monoisotopic (exact) mass is 1360 g/mol. The summed E-state index contributed by atoms with van der Waals surface area (Å²) in [5, 5.41) is 6.43. The maximum atomic E-state index is 5.88. The van der Waals surface area contributed by atoms with E-state index in [4.69, 9.17) is 13.9 Å². The number of anilines is 1. The molecule has 0 radical (unpaired) electrons. The van der Waals surface area contributed by atoms with Gasteiger partial charge in [-0.25, -0.2) is 9.97 Å². The lowest BCUT2D eigenvalue weighted by atomic mass is 9.82. The van der Waals surface area contributed by atoms with E-state index >= 15 is 0 Å². The van der Waals surface area contributed by atoms with E-state index in [2.05, 4.69) is 207 Å². The van der Waals surface area contributed by atoms with Crippen LogP contribution >= 0.6 is 11.3 Å². The Bertz CT molecular complexity index is 4100. The highest BCUT2D eigenvalue weighted by Gasteiger charge is 2.39. The summed E-state index contributed by atoms with van der Waals surface area (Å²) < 4.78 is 20.5. The summed E-state index contributed by atoms with van der Waals surface area (Å²) in [4.78, 5) is 15.5. The number of nitrogens with zero attached hydrogens (tertiary/aromatic N) is 5. The van der Waals surface area contributed by atoms with Crippen molar-refractivity contribution >= 4 is 70.9 Å². The molecule has 2 aliphatic rings. The predicted octanol–water partition coefficient (Wildman–Crippen LogP) is 27.4. The third kappa shape index (κ3) is 23.1. The zero-order chi connectivity index (χ0) is 75.5. The number of hydrogen-bond acceptors (Lipinski definition) is 8. The summed E-state index contributed by atoms with van der Waals surface area (Å²) in [7, 11) is 4.16. The molecule has 2 unspecified atom stereocenters. The maximum Gasteiger partial charge on any atom is 0.143 e. The van der Waals surface area contributed by atoms with Crippen molar-refractivity contribution in [3.8, 4) is 11.5 Å². The number of pyridine rings is 1. The molecule has 0 saturated heterocycles. The molecule has 6 heterocycles. The fourth-order valence-electron chi connectivity index (χ4n) is 10.7. The standard InChI is InChI=1S/C14H16.C12H17NO.C12H13N.C11H14O.C10H10O.C9H10N2.C8H7NS.7C2H6/c1-9-10(2)12(4)14-8-6-5-7-13(14)11(9)3;1-9-12(2,3)13(4)10-7-5-6-8-11(10)14-9;1-8-9(2)11-6-4-5-7-12(11)13-10(8)3;1-8-11(2,3)9-6-4-5-7-10(9)12-8;1-7-8(2)11-10-6-4-3-5-9(7)10;1-7-10-8-5-3-4-6-9(8)11(7)2;1-6-9-7-4-2-3-5-8(7)10-6;7*1-2/h5-8H,1-4H3;5-9H,1-4H3;4-7H,1-3H3;4-8H,1-3H3;2*3-6H,1-2H3;2-5H,1H3;7*1-2H3. The highest BCUT2D eigenvalue weighted by atomic mass is 32.1. The first kappa shape index (κ1) is 88.7. The number of thiazole rings is 1. The molecule has 8 aromatic carbocycles. The lowest BCUT2D eigenvalue weighted by Gasteiger charge is -2.46. The second-order valence-corrected chi connectivity index (χ2v) is 24.8. The van der Waals surface area contributed by atoms with E-state index in [1.54, 1.807) is 11.3 Å². The van der Waals surface area contributed by atoms with Gasteiger partial charge in [-0.05, 0) is 208 Å². The van der Waals surface area contributed by atoms with Crippen LogP contribution in [0.2, 0.25) is 0 Å². The Morgan fingerprint density at radius 1 is 0.384 bits per heavy atom. The number of fused-ring (bicyclic) bond motifs is 7. The lowest BCUT2D eigenvalue weighted by molar-refractivity contribution is 0.127. The van der Waals surface area contributed by atoms with Gasteiger partial charge < -0.3 is 23.4 Å². The number of furan rings is 1. The molecule has 0 fully saturated rings. The molecule has 0 aliphatic carbocycles. The third-order valence-electron chi connectivity index (χ3n) is 17.9. The predicted molar refractivity (Wildman–Crippen MR) is 442 cm³/mol. The number of benzene rings is 8. The largest absolute Gasteiger partial charge is 0.490 e. The molecule has 0 spiro atoms. The summed E-state index contributed by atoms with van der Waals surface area (Å²) in [6, 6.07) is 57.9. The van der Waals surface area contributed by atoms with Crippen molar-refractivity contribution in [2.45, 2.75) is 238 Å². The molecule has 4 aromatic heterocycles. The van der Waals surface area contributed by atoms with Crippen LogP contribution in [0.4, 0.5) is 5.69 Å². The van der Waals surface area contributed by atoms with Crippen LogP contribution in [-0.2, 0) is 12.5 Å². The minimum atomic E-state index is 0.0500. The number of para-hydroxylation sites is 8. The highest BCUT2D eigenvalue weighted by Crippen LogP contribution is 2.42. The van der Waals surface area contributed by atoms with Gasteiger partial charge in [0.1, 0.15) is 40.9 Å². The first-order valence-electron chi connectivity index (χ1n) is 36.6. The number of hydrogen-bond donors (Lipinski definition) is 0. The van der Waals surface area contributed by atoms with Gasteiger partial charge in [-0.3, -0.25) is 4.98 Å². The van der Waals surface area contributed by atoms with Crippen LogP contribution in [-0.4, -0.2) is 44.3 Å². The first-order valence-corrected chi connectivity index (χ1v) is 37.4. The average molecular weight is 1360 g/mol. The molecule has 538 valence electrons. The number of rotatable bonds is 0. The second kappa shape index (κ2) is 44.7. The van der Waals surface area contributed by atoms with E-state index in [1.807, 2.05) is 216 Å². The Hall–Kier alpha value is -8.27. The summed E-state index contributed by atoms with van der Waals surface area (Å²) in [6.45, 7) is 64.4. The van der Waals surface area contributed by atoms with E-state index < -0.39 is 0 Å². The highest BCUT2D eigenvalue weighted by molar-refractivity contribution is 7.18. The van der Waals surface area contributed by atoms with Gasteiger partial charge in [-0.15, -0.1) is 11.3 Å². The molecule has 12 aromatic rings. The minimum Gasteiger partial charge on any atom is -0.490 e. The number of likely N-dealkylation sites (N-methyl/N-ethyl adjacent to an activating group) is 1. The second-order valence-electron chi connectivity index (χ2n) is 23.6. The van der Waals surface area contributed by atoms with Crippen molar-refractivity contribution < 1.29 is 13.9 Å². The van der Waals surface area contributed by atoms with Crippen LogP contribution in [0.5, 0.6) is 11.5 Å². The van der Waals surface area contributed by atoms with Crippen molar-refractivity contribution in [2.24, 2.45) is 7.05 Å². The normalized spacial score (nSPS) is 13.2. The fraction of sp³-hybridized carbons (Fsp3) is 0.411. The average Bonchev–Trinajstić information content (AvgIpc) is 1.48. The van der Waals surface area contributed by atoms with Gasteiger partial charge in [0.25, 0.3) is 0 Å². The maximum absolute atomic E-state index is 5.88. The van der Waals surface area contributed by atoms with Crippen molar-refractivity contribution in [1.82, 2.24) is 19.5 Å². The third-order valence-corrected chi connectivity index (χ3v) is 18.9. The van der Waals surface area contributed by atoms with Crippen molar-refractivity contribution in [2.75, 3.05) is 11.9 Å². The molecule has 0 bridgehead atoms. The van der Waals surface area contributed by atoms with Crippen LogP contribution in [0, 0.1) is 76.2 Å². The fourth-order valence-corrected chi connectivity index (χ4v) is 11.5. The van der Waals surface area contributed by atoms with Gasteiger partial charge in [0.2, 0.25) is 0 Å². The number of aromatic nitrogens is 4. The van der Waals surface area contributed by atoms with Gasteiger partial charge in [0, 0.05) is 41.5 Å². The number of ether oxygens (including phenoxy) is 2. The molecule has 9 heteroatoms. The van der Waals surface area contributed by atoms with Crippen molar-refractivity contribution in [3.63, 3.8) is 0 Å². The summed E-state index contributed by atoms with van der Waals surface area (Å²) in [5.74, 6) is 4.12. The summed E-state index contributed by atoms with van der Waals surface area (Å²) >= 11 is 1.74. The molecule has 14 rings (SSSR count). The van der Waals surface area contributed by atoms with Crippen molar-refractivity contribution in [1.29, 1.82) is 0 Å². The Labute approximate surface area is 605 Å².